The van der Waals surface area contributed by atoms with Gasteiger partial charge >= 0.3 is 0 Å². The fourth-order valence-electron chi connectivity index (χ4n) is 2.75. The summed E-state index contributed by atoms with van der Waals surface area (Å²) in [6.45, 7) is 4.09. The third-order valence-corrected chi connectivity index (χ3v) is 4.23. The summed E-state index contributed by atoms with van der Waals surface area (Å²) < 4.78 is 0. The van der Waals surface area contributed by atoms with Crippen molar-refractivity contribution in [2.45, 2.75) is 20.3 Å². The maximum Gasteiger partial charge on any atom is 0.265 e. The Bertz CT molecular complexity index is 1060. The Balaban J connectivity index is 1.60. The van der Waals surface area contributed by atoms with Crippen LogP contribution in [0.1, 0.15) is 25.0 Å². The molecular weight excluding hydrogens is 312 g/mol. The van der Waals surface area contributed by atoms with Crippen LogP contribution >= 0.6 is 0 Å². The lowest BCUT2D eigenvalue weighted by molar-refractivity contribution is 1.01. The number of aromatic nitrogens is 4. The molecule has 0 amide bonds. The van der Waals surface area contributed by atoms with Crippen LogP contribution < -0.4 is 5.43 Å². The van der Waals surface area contributed by atoms with Gasteiger partial charge in [0.05, 0.1) is 5.71 Å². The van der Waals surface area contributed by atoms with Crippen LogP contribution in [0.4, 0.5) is 5.95 Å². The van der Waals surface area contributed by atoms with Crippen molar-refractivity contribution in [3.8, 4) is 0 Å². The number of para-hydroxylation sites is 1. The summed E-state index contributed by atoms with van der Waals surface area (Å²) in [5.74, 6) is 0.364. The van der Waals surface area contributed by atoms with Crippen molar-refractivity contribution in [2.75, 3.05) is 5.43 Å². The molecule has 0 atom stereocenters. The molecule has 0 unspecified atom stereocenters. The number of hydrazone groups is 1. The van der Waals surface area contributed by atoms with Crippen molar-refractivity contribution in [1.82, 2.24) is 20.2 Å². The van der Waals surface area contributed by atoms with E-state index >= 15 is 0 Å². The Morgan fingerprint density at radius 3 is 2.68 bits per heavy atom. The van der Waals surface area contributed by atoms with Gasteiger partial charge in [-0.05, 0) is 30.5 Å². The highest BCUT2D eigenvalue weighted by Gasteiger charge is 2.08. The minimum atomic E-state index is 0.364. The van der Waals surface area contributed by atoms with Crippen LogP contribution in [0.25, 0.3) is 22.1 Å². The minimum Gasteiger partial charge on any atom is -0.338 e. The number of aryl methyl sites for hydroxylation is 1. The number of benzene rings is 2. The van der Waals surface area contributed by atoms with Crippen molar-refractivity contribution < 1.29 is 0 Å². The molecule has 0 fully saturated rings. The third-order valence-electron chi connectivity index (χ3n) is 4.23. The van der Waals surface area contributed by atoms with Gasteiger partial charge in [-0.2, -0.15) is 10.1 Å². The van der Waals surface area contributed by atoms with Crippen molar-refractivity contribution in [3.05, 3.63) is 59.7 Å². The van der Waals surface area contributed by atoms with Gasteiger partial charge in [-0.1, -0.05) is 49.4 Å². The number of H-pyrrole nitrogens is 1. The molecule has 0 spiro atoms. The monoisotopic (exact) mass is 330 g/mol. The van der Waals surface area contributed by atoms with Crippen molar-refractivity contribution in [3.63, 3.8) is 0 Å². The molecule has 0 aliphatic rings. The molecule has 0 aliphatic carbocycles. The molecule has 0 radical (unpaired) electrons. The normalized spacial score (nSPS) is 12.0. The molecule has 0 saturated heterocycles. The lowest BCUT2D eigenvalue weighted by Gasteiger charge is -2.03. The number of aromatic amines is 1. The lowest BCUT2D eigenvalue weighted by Crippen LogP contribution is -2.03. The van der Waals surface area contributed by atoms with Gasteiger partial charge in [0.2, 0.25) is 0 Å². The van der Waals surface area contributed by atoms with Crippen LogP contribution in [0.2, 0.25) is 0 Å². The average molecular weight is 330 g/mol. The van der Waals surface area contributed by atoms with Crippen molar-refractivity contribution in [2.24, 2.45) is 5.10 Å². The van der Waals surface area contributed by atoms with Crippen LogP contribution in [0.15, 0.2) is 53.6 Å². The van der Waals surface area contributed by atoms with Gasteiger partial charge in [-0.25, -0.2) is 5.43 Å². The van der Waals surface area contributed by atoms with Crippen LogP contribution in [-0.2, 0) is 6.42 Å². The summed E-state index contributed by atoms with van der Waals surface area (Å²) in [6, 6.07) is 16.3. The molecule has 0 aliphatic heterocycles. The largest absolute Gasteiger partial charge is 0.338 e. The first-order valence-electron chi connectivity index (χ1n) is 8.25. The third kappa shape index (κ3) is 2.94. The van der Waals surface area contributed by atoms with Gasteiger partial charge in [-0.3, -0.25) is 0 Å². The van der Waals surface area contributed by atoms with Gasteiger partial charge in [0.1, 0.15) is 5.52 Å². The number of anilines is 1. The first-order chi connectivity index (χ1) is 12.2. The van der Waals surface area contributed by atoms with E-state index in [1.54, 1.807) is 0 Å². The van der Waals surface area contributed by atoms with Gasteiger partial charge in [-0.15, -0.1) is 10.2 Å². The number of hydrogen-bond donors (Lipinski definition) is 2. The topological polar surface area (TPSA) is 78.8 Å². The van der Waals surface area contributed by atoms with Gasteiger partial charge in [0.15, 0.2) is 5.65 Å². The van der Waals surface area contributed by atoms with E-state index in [2.05, 4.69) is 61.9 Å². The molecule has 6 nitrogen and oxygen atoms in total. The first kappa shape index (κ1) is 15.3. The molecule has 2 aromatic carbocycles. The Kier molecular flexibility index (Phi) is 3.85. The Hall–Kier alpha value is -3.28. The number of hydrogen-bond acceptors (Lipinski definition) is 5. The molecule has 4 rings (SSSR count). The van der Waals surface area contributed by atoms with E-state index in [1.165, 1.54) is 5.56 Å². The van der Waals surface area contributed by atoms with Crippen LogP contribution in [0, 0.1) is 0 Å². The molecule has 4 aromatic rings. The van der Waals surface area contributed by atoms with E-state index in [0.717, 1.165) is 34.1 Å². The highest BCUT2D eigenvalue weighted by atomic mass is 15.4. The fraction of sp³-hybridized carbons (Fsp3) is 0.158. The average Bonchev–Trinajstić information content (AvgIpc) is 3.04. The second kappa shape index (κ2) is 6.32. The van der Waals surface area contributed by atoms with E-state index in [4.69, 9.17) is 0 Å². The standard InChI is InChI=1S/C19H18N6/c1-3-13-8-10-14(11-9-13)12(2)22-24-19-21-18-17(23-25-19)15-6-4-5-7-16(15)20-18/h4-11H,3H2,1-2H3,(H2,20,21,24,25)/b22-12+. The Morgan fingerprint density at radius 2 is 1.88 bits per heavy atom. The number of rotatable bonds is 4. The second-order valence-electron chi connectivity index (χ2n) is 5.86. The summed E-state index contributed by atoms with van der Waals surface area (Å²) >= 11 is 0. The molecular formula is C19H18N6. The molecule has 25 heavy (non-hydrogen) atoms. The van der Waals surface area contributed by atoms with Gasteiger partial charge < -0.3 is 4.98 Å². The number of nitrogens with one attached hydrogen (secondary N) is 2. The molecule has 0 saturated carbocycles. The highest BCUT2D eigenvalue weighted by molar-refractivity contribution is 6.03. The predicted octanol–water partition coefficient (Wildman–Crippen LogP) is 3.90. The molecule has 6 heteroatoms. The molecule has 124 valence electrons. The smallest absolute Gasteiger partial charge is 0.265 e. The summed E-state index contributed by atoms with van der Waals surface area (Å²) in [6.07, 6.45) is 1.03. The van der Waals surface area contributed by atoms with Crippen LogP contribution in [0.5, 0.6) is 0 Å². The summed E-state index contributed by atoms with van der Waals surface area (Å²) in [5, 5.41) is 13.8. The first-order valence-corrected chi connectivity index (χ1v) is 8.25. The fourth-order valence-corrected chi connectivity index (χ4v) is 2.75. The maximum absolute atomic E-state index is 4.46. The number of nitrogens with zero attached hydrogens (tertiary/aromatic N) is 4. The SMILES string of the molecule is CCc1ccc(/C(C)=N/Nc2nnc3c(n2)[nH]c2ccccc23)cc1. The molecule has 2 N–H and O–H groups in total. The molecule has 2 aromatic heterocycles. The van der Waals surface area contributed by atoms with E-state index in [9.17, 15) is 0 Å². The Labute approximate surface area is 145 Å². The van der Waals surface area contributed by atoms with Crippen LogP contribution in [0.3, 0.4) is 0 Å². The zero-order valence-corrected chi connectivity index (χ0v) is 14.1. The van der Waals surface area contributed by atoms with E-state index in [0.29, 0.717) is 11.6 Å². The lowest BCUT2D eigenvalue weighted by atomic mass is 10.1. The van der Waals surface area contributed by atoms with Crippen molar-refractivity contribution in [1.29, 1.82) is 0 Å². The zero-order chi connectivity index (χ0) is 17.2. The quantitative estimate of drug-likeness (QED) is 0.439. The van der Waals surface area contributed by atoms with Gasteiger partial charge in [0.25, 0.3) is 5.95 Å². The summed E-state index contributed by atoms with van der Waals surface area (Å²) in [4.78, 5) is 7.71. The van der Waals surface area contributed by atoms with E-state index in [1.807, 2.05) is 31.2 Å². The maximum atomic E-state index is 4.46. The van der Waals surface area contributed by atoms with Gasteiger partial charge in [0, 0.05) is 10.9 Å². The zero-order valence-electron chi connectivity index (χ0n) is 14.1. The number of fused-ring (bicyclic) bond motifs is 3. The highest BCUT2D eigenvalue weighted by Crippen LogP contribution is 2.21. The predicted molar refractivity (Wildman–Crippen MR) is 101 cm³/mol. The second-order valence-corrected chi connectivity index (χ2v) is 5.86. The molecule has 2 heterocycles. The van der Waals surface area contributed by atoms with E-state index < -0.39 is 0 Å². The summed E-state index contributed by atoms with van der Waals surface area (Å²) in [7, 11) is 0. The molecule has 0 bridgehead atoms. The summed E-state index contributed by atoms with van der Waals surface area (Å²) in [5.41, 5.74) is 8.57. The minimum absolute atomic E-state index is 0.364. The Morgan fingerprint density at radius 1 is 1.08 bits per heavy atom. The van der Waals surface area contributed by atoms with E-state index in [-0.39, 0.29) is 0 Å². The van der Waals surface area contributed by atoms with Crippen molar-refractivity contribution >= 4 is 33.7 Å². The van der Waals surface area contributed by atoms with Crippen LogP contribution in [-0.4, -0.2) is 25.9 Å².